The fourth-order valence-corrected chi connectivity index (χ4v) is 11.7. The van der Waals surface area contributed by atoms with Gasteiger partial charge in [-0.15, -0.1) is 0 Å². The molecule has 0 saturated heterocycles. The van der Waals surface area contributed by atoms with Crippen molar-refractivity contribution in [2.24, 2.45) is 0 Å². The molecule has 0 aliphatic rings. The summed E-state index contributed by atoms with van der Waals surface area (Å²) in [5.74, 6) is 0.460. The van der Waals surface area contributed by atoms with Gasteiger partial charge in [0.1, 0.15) is 0 Å². The SMILES string of the molecule is [2H]c1c([2H])c([2H])c2c(c1[2H])c1c([2H])c([2H])c([2H])c([2H])c1n2-c1nc(-c2ccccc2)nc(-c2cccc([Si](c3ccccc3)(c3ccccc3)c3ccccc3)c2)n1. The maximum atomic E-state index is 9.08. The maximum Gasteiger partial charge on any atom is 0.238 e. The first-order valence-corrected chi connectivity index (χ1v) is 18.2. The van der Waals surface area contributed by atoms with E-state index < -0.39 is 56.4 Å². The molecule has 9 rings (SSSR count). The van der Waals surface area contributed by atoms with Crippen molar-refractivity contribution in [1.82, 2.24) is 19.5 Å². The van der Waals surface area contributed by atoms with Crippen molar-refractivity contribution in [2.75, 3.05) is 0 Å². The van der Waals surface area contributed by atoms with Gasteiger partial charge in [0.15, 0.2) is 19.7 Å². The Balaban J connectivity index is 1.39. The van der Waals surface area contributed by atoms with Crippen LogP contribution >= 0.6 is 0 Å². The minimum absolute atomic E-state index is 0.0532. The topological polar surface area (TPSA) is 43.6 Å². The quantitative estimate of drug-likeness (QED) is 0.130. The predicted octanol–water partition coefficient (Wildman–Crippen LogP) is 7.68. The number of para-hydroxylation sites is 2. The zero-order valence-electron chi connectivity index (χ0n) is 34.6. The highest BCUT2D eigenvalue weighted by atomic mass is 28.3. The lowest BCUT2D eigenvalue weighted by Crippen LogP contribution is -2.74. The van der Waals surface area contributed by atoms with Gasteiger partial charge in [-0.25, -0.2) is 4.98 Å². The van der Waals surface area contributed by atoms with E-state index in [1.54, 1.807) is 0 Å². The Morgan fingerprint density at radius 3 is 1.36 bits per heavy atom. The number of fused-ring (bicyclic) bond motifs is 3. The van der Waals surface area contributed by atoms with Crippen LogP contribution in [0.4, 0.5) is 0 Å². The summed E-state index contributed by atoms with van der Waals surface area (Å²) in [6, 6.07) is 45.1. The molecule has 2 aromatic heterocycles. The van der Waals surface area contributed by atoms with Crippen molar-refractivity contribution in [3.8, 4) is 28.7 Å². The second kappa shape index (κ2) is 12.5. The lowest BCUT2D eigenvalue weighted by molar-refractivity contribution is 0.953. The zero-order chi connectivity index (χ0) is 40.3. The molecule has 0 saturated carbocycles. The Labute approximate surface area is 303 Å². The Bertz CT molecular complexity index is 2870. The average molecular weight is 665 g/mol. The van der Waals surface area contributed by atoms with Gasteiger partial charge in [0, 0.05) is 21.9 Å². The van der Waals surface area contributed by atoms with Crippen molar-refractivity contribution >= 4 is 50.6 Å². The zero-order valence-corrected chi connectivity index (χ0v) is 27.6. The summed E-state index contributed by atoms with van der Waals surface area (Å²) < 4.78 is 71.5. The molecular weight excluding hydrogens is 625 g/mol. The maximum absolute atomic E-state index is 9.08. The molecule has 0 fully saturated rings. The molecule has 0 aliphatic carbocycles. The second-order valence-electron chi connectivity index (χ2n) is 11.9. The number of benzene rings is 7. The second-order valence-corrected chi connectivity index (χ2v) is 15.7. The predicted molar refractivity (Wildman–Crippen MR) is 209 cm³/mol. The highest BCUT2D eigenvalue weighted by Crippen LogP contribution is 2.32. The Kier molecular flexibility index (Phi) is 5.58. The monoisotopic (exact) mass is 664 g/mol. The number of aromatic nitrogens is 4. The van der Waals surface area contributed by atoms with Crippen LogP contribution in [0.1, 0.15) is 11.0 Å². The summed E-state index contributed by atoms with van der Waals surface area (Å²) >= 11 is 0. The van der Waals surface area contributed by atoms with E-state index in [4.69, 9.17) is 25.9 Å². The highest BCUT2D eigenvalue weighted by molar-refractivity contribution is 7.19. The molecule has 50 heavy (non-hydrogen) atoms. The molecule has 5 heteroatoms. The van der Waals surface area contributed by atoms with E-state index in [1.807, 2.05) is 60.7 Å². The summed E-state index contributed by atoms with van der Waals surface area (Å²) in [6.45, 7) is 0. The van der Waals surface area contributed by atoms with Crippen LogP contribution in [0.25, 0.3) is 50.5 Å². The number of hydrogen-bond acceptors (Lipinski definition) is 3. The van der Waals surface area contributed by atoms with Crippen LogP contribution in [0.2, 0.25) is 0 Å². The molecular formula is C45H32N4Si. The molecule has 0 bridgehead atoms. The number of rotatable bonds is 7. The van der Waals surface area contributed by atoms with Crippen LogP contribution in [-0.4, -0.2) is 27.6 Å². The normalized spacial score (nSPS) is 13.8. The average Bonchev–Trinajstić information content (AvgIpc) is 3.65. The van der Waals surface area contributed by atoms with Crippen molar-refractivity contribution in [3.63, 3.8) is 0 Å². The molecule has 0 radical (unpaired) electrons. The van der Waals surface area contributed by atoms with E-state index in [-0.39, 0.29) is 39.4 Å². The van der Waals surface area contributed by atoms with Gasteiger partial charge in [0.05, 0.1) is 22.0 Å². The third-order valence-corrected chi connectivity index (χ3v) is 13.8. The Morgan fingerprint density at radius 1 is 0.420 bits per heavy atom. The van der Waals surface area contributed by atoms with E-state index in [0.717, 1.165) is 5.19 Å². The molecule has 0 atom stereocenters. The van der Waals surface area contributed by atoms with Crippen LogP contribution in [0, 0.1) is 0 Å². The molecule has 2 heterocycles. The summed E-state index contributed by atoms with van der Waals surface area (Å²) in [7, 11) is -2.98. The van der Waals surface area contributed by atoms with E-state index in [1.165, 1.54) is 20.1 Å². The van der Waals surface area contributed by atoms with Gasteiger partial charge in [-0.05, 0) is 32.8 Å². The molecule has 7 aromatic carbocycles. The van der Waals surface area contributed by atoms with E-state index in [9.17, 15) is 0 Å². The first-order valence-electron chi connectivity index (χ1n) is 20.2. The lowest BCUT2D eigenvalue weighted by Gasteiger charge is -2.34. The smallest absolute Gasteiger partial charge is 0.238 e. The molecule has 0 unspecified atom stereocenters. The van der Waals surface area contributed by atoms with Crippen molar-refractivity contribution in [3.05, 3.63) is 194 Å². The molecule has 0 amide bonds. The summed E-state index contributed by atoms with van der Waals surface area (Å²) in [5, 5.41) is 4.50. The first kappa shape index (κ1) is 22.2. The summed E-state index contributed by atoms with van der Waals surface area (Å²) in [6.07, 6.45) is 0. The summed E-state index contributed by atoms with van der Waals surface area (Å²) in [5.41, 5.74) is 1.17. The molecule has 0 spiro atoms. The van der Waals surface area contributed by atoms with Gasteiger partial charge in [0.2, 0.25) is 5.95 Å². The van der Waals surface area contributed by atoms with Gasteiger partial charge in [-0.1, -0.05) is 182 Å². The number of hydrogen-bond donors (Lipinski definition) is 0. The molecule has 4 nitrogen and oxygen atoms in total. The highest BCUT2D eigenvalue weighted by Gasteiger charge is 2.41. The van der Waals surface area contributed by atoms with Crippen LogP contribution < -0.4 is 20.7 Å². The van der Waals surface area contributed by atoms with Crippen LogP contribution in [0.5, 0.6) is 0 Å². The third-order valence-electron chi connectivity index (χ3n) is 9.06. The van der Waals surface area contributed by atoms with Crippen molar-refractivity contribution < 1.29 is 11.0 Å². The number of nitrogens with zero attached hydrogens (tertiary/aromatic N) is 4. The van der Waals surface area contributed by atoms with Crippen molar-refractivity contribution in [2.45, 2.75) is 0 Å². The third kappa shape index (κ3) is 4.95. The van der Waals surface area contributed by atoms with E-state index in [0.29, 0.717) is 11.1 Å². The summed E-state index contributed by atoms with van der Waals surface area (Å²) in [4.78, 5) is 14.9. The van der Waals surface area contributed by atoms with Gasteiger partial charge in [-0.2, -0.15) is 9.97 Å². The fourth-order valence-electron chi connectivity index (χ4n) is 6.89. The molecule has 0 N–H and O–H groups in total. The Hall–Kier alpha value is -6.43. The van der Waals surface area contributed by atoms with Gasteiger partial charge in [-0.3, -0.25) is 4.57 Å². The largest absolute Gasteiger partial charge is 0.278 e. The van der Waals surface area contributed by atoms with Crippen molar-refractivity contribution in [1.29, 1.82) is 0 Å². The van der Waals surface area contributed by atoms with Crippen LogP contribution in [0.15, 0.2) is 194 Å². The van der Waals surface area contributed by atoms with Gasteiger partial charge < -0.3 is 0 Å². The fraction of sp³-hybridized carbons (Fsp3) is 0. The first-order chi connectivity index (χ1) is 28.1. The molecule has 236 valence electrons. The standard InChI is InChI=1S/C45H32N4Si/c1-5-18-33(19-6-1)43-46-44(48-45(47-43)49-41-30-15-13-28-39(41)40-29-14-16-31-42(40)49)34-20-17-27-38(32-34)50(35-21-7-2-8-22-35,36-23-9-3-10-24-36)37-25-11-4-12-26-37/h1-32H/i13D,14D,15D,16D,28D,29D,30D,31D. The minimum Gasteiger partial charge on any atom is -0.278 e. The minimum atomic E-state index is -2.98. The Morgan fingerprint density at radius 2 is 0.840 bits per heavy atom. The van der Waals surface area contributed by atoms with Gasteiger partial charge >= 0.3 is 0 Å². The lowest BCUT2D eigenvalue weighted by atomic mass is 10.2. The van der Waals surface area contributed by atoms with E-state index >= 15 is 0 Å². The van der Waals surface area contributed by atoms with Crippen LogP contribution in [-0.2, 0) is 0 Å². The molecule has 9 aromatic rings. The molecule has 0 aliphatic heterocycles. The van der Waals surface area contributed by atoms with E-state index in [2.05, 4.69) is 84.9 Å². The van der Waals surface area contributed by atoms with Crippen LogP contribution in [0.3, 0.4) is 0 Å². The van der Waals surface area contributed by atoms with Gasteiger partial charge in [0.25, 0.3) is 0 Å².